The predicted molar refractivity (Wildman–Crippen MR) is 61.4 cm³/mol. The van der Waals surface area contributed by atoms with Crippen molar-refractivity contribution in [2.24, 2.45) is 0 Å². The standard InChI is InChI=1S/C8H4Br2IS2.ClH/c9-5-1-3-7(12-5)11-8-4-2-6(10)13-8;/h1-4H;1H/q+1;/p-1. The maximum Gasteiger partial charge on any atom is 0.381 e. The molecule has 0 aliphatic carbocycles. The highest BCUT2D eigenvalue weighted by atomic mass is 127. The fourth-order valence-electron chi connectivity index (χ4n) is 0.778. The highest BCUT2D eigenvalue weighted by Gasteiger charge is 2.19. The zero-order chi connectivity index (χ0) is 9.26. The third kappa shape index (κ3) is 3.75. The molecule has 0 unspecified atom stereocenters. The first-order chi connectivity index (χ1) is 6.24. The van der Waals surface area contributed by atoms with Crippen LogP contribution in [0.4, 0.5) is 0 Å². The van der Waals surface area contributed by atoms with E-state index >= 15 is 0 Å². The highest BCUT2D eigenvalue weighted by Crippen LogP contribution is 2.17. The van der Waals surface area contributed by atoms with Crippen molar-refractivity contribution in [2.75, 3.05) is 0 Å². The Labute approximate surface area is 124 Å². The molecule has 0 aliphatic rings. The van der Waals surface area contributed by atoms with Crippen molar-refractivity contribution in [3.8, 4) is 0 Å². The third-order valence-electron chi connectivity index (χ3n) is 1.27. The predicted octanol–water partition coefficient (Wildman–Crippen LogP) is -1.53. The molecule has 0 radical (unpaired) electrons. The zero-order valence-electron chi connectivity index (χ0n) is 6.64. The molecule has 76 valence electrons. The maximum absolute atomic E-state index is 3.48. The molecule has 0 spiro atoms. The van der Waals surface area contributed by atoms with E-state index in [0.717, 1.165) is 0 Å². The molecule has 0 bridgehead atoms. The Morgan fingerprint density at radius 1 is 0.857 bits per heavy atom. The van der Waals surface area contributed by atoms with Crippen LogP contribution < -0.4 is 33.6 Å². The molecule has 6 heteroatoms. The normalized spacial score (nSPS) is 9.86. The summed E-state index contributed by atoms with van der Waals surface area (Å²) in [5, 5.41) is 0. The average Bonchev–Trinajstić information content (AvgIpc) is 2.62. The van der Waals surface area contributed by atoms with Gasteiger partial charge in [-0.2, -0.15) is 0 Å². The van der Waals surface area contributed by atoms with Crippen molar-refractivity contribution >= 4 is 54.5 Å². The van der Waals surface area contributed by atoms with Gasteiger partial charge < -0.3 is 12.4 Å². The maximum atomic E-state index is 3.48. The van der Waals surface area contributed by atoms with Gasteiger partial charge >= 0.3 is 21.2 Å². The van der Waals surface area contributed by atoms with Crippen molar-refractivity contribution in [3.05, 3.63) is 37.6 Å². The van der Waals surface area contributed by atoms with Gasteiger partial charge in [0, 0.05) is 12.1 Å². The monoisotopic (exact) mass is 484 g/mol. The van der Waals surface area contributed by atoms with Crippen molar-refractivity contribution in [2.45, 2.75) is 0 Å². The molecule has 0 aromatic carbocycles. The summed E-state index contributed by atoms with van der Waals surface area (Å²) < 4.78 is 5.50. The summed E-state index contributed by atoms with van der Waals surface area (Å²) in [5.74, 6) is 0. The lowest BCUT2D eigenvalue weighted by atomic mass is 10.7. The van der Waals surface area contributed by atoms with E-state index in [1.807, 2.05) is 22.7 Å². The van der Waals surface area contributed by atoms with E-state index in [0.29, 0.717) is 0 Å². The molecule has 0 N–H and O–H groups in total. The Morgan fingerprint density at radius 2 is 1.29 bits per heavy atom. The molecule has 0 atom stereocenters. The largest absolute Gasteiger partial charge is 1.00 e. The molecule has 2 aromatic heterocycles. The van der Waals surface area contributed by atoms with Crippen molar-refractivity contribution in [1.29, 1.82) is 0 Å². The van der Waals surface area contributed by atoms with Crippen LogP contribution in [0.2, 0.25) is 0 Å². The Balaban J connectivity index is 0.000000980. The lowest BCUT2D eigenvalue weighted by Crippen LogP contribution is -3.61. The average molecular weight is 486 g/mol. The number of halogens is 4. The van der Waals surface area contributed by atoms with Gasteiger partial charge in [-0.3, -0.25) is 0 Å². The summed E-state index contributed by atoms with van der Waals surface area (Å²) in [6.07, 6.45) is 0. The summed E-state index contributed by atoms with van der Waals surface area (Å²) in [6, 6.07) is 8.69. The molecule has 0 saturated heterocycles. The van der Waals surface area contributed by atoms with Crippen LogP contribution in [0.3, 0.4) is 0 Å². The highest BCUT2D eigenvalue weighted by molar-refractivity contribution is 9.11. The first-order valence-electron chi connectivity index (χ1n) is 3.39. The first kappa shape index (κ1) is 13.4. The molecule has 0 nitrogen and oxygen atoms in total. The van der Waals surface area contributed by atoms with Gasteiger partial charge in [0.05, 0.1) is 7.57 Å². The second kappa shape index (κ2) is 6.20. The van der Waals surface area contributed by atoms with E-state index < -0.39 is 0 Å². The summed E-state index contributed by atoms with van der Waals surface area (Å²) in [7, 11) is 0. The van der Waals surface area contributed by atoms with Crippen LogP contribution in [-0.4, -0.2) is 0 Å². The van der Waals surface area contributed by atoms with E-state index in [1.54, 1.807) is 0 Å². The molecule has 2 heterocycles. The van der Waals surface area contributed by atoms with Gasteiger partial charge in [-0.1, -0.05) is 22.7 Å². The third-order valence-corrected chi connectivity index (χ3v) is 8.23. The fraction of sp³-hybridized carbons (Fsp3) is 0. The van der Waals surface area contributed by atoms with E-state index in [4.69, 9.17) is 0 Å². The minimum Gasteiger partial charge on any atom is -1.00 e. The lowest BCUT2D eigenvalue weighted by molar-refractivity contribution is -0.585. The van der Waals surface area contributed by atoms with Gasteiger partial charge in [-0.15, -0.1) is 0 Å². The van der Waals surface area contributed by atoms with Crippen LogP contribution in [0, 0.1) is 5.77 Å². The quantitative estimate of drug-likeness (QED) is 0.452. The molecule has 0 fully saturated rings. The molecule has 0 aliphatic heterocycles. The minimum atomic E-state index is 0. The van der Waals surface area contributed by atoms with Crippen LogP contribution in [0.5, 0.6) is 0 Å². The van der Waals surface area contributed by atoms with E-state index in [2.05, 4.69) is 56.1 Å². The van der Waals surface area contributed by atoms with Crippen LogP contribution in [0.15, 0.2) is 31.8 Å². The number of rotatable bonds is 2. The Kier molecular flexibility index (Phi) is 5.95. The SMILES string of the molecule is Brc1ccc([I+]c2ccc(Br)s2)s1.[Cl-]. The number of hydrogen-bond donors (Lipinski definition) is 0. The van der Waals surface area contributed by atoms with Crippen molar-refractivity contribution in [3.63, 3.8) is 0 Å². The van der Waals surface area contributed by atoms with Gasteiger partial charge in [-0.25, -0.2) is 0 Å². The van der Waals surface area contributed by atoms with Crippen molar-refractivity contribution in [1.82, 2.24) is 0 Å². The number of thiophene rings is 2. The molecular formula is C8H4Br2ClIS2. The van der Waals surface area contributed by atoms with Crippen LogP contribution >= 0.6 is 54.5 Å². The Bertz CT molecular complexity index is 375. The van der Waals surface area contributed by atoms with Gasteiger partial charge in [0.2, 0.25) is 5.77 Å². The molecular weight excluding hydrogens is 482 g/mol. The lowest BCUT2D eigenvalue weighted by Gasteiger charge is -1.71. The Hall–Kier alpha value is 1.38. The van der Waals surface area contributed by atoms with E-state index in [-0.39, 0.29) is 33.6 Å². The summed E-state index contributed by atoms with van der Waals surface area (Å²) in [6.45, 7) is 0. The topological polar surface area (TPSA) is 0 Å². The van der Waals surface area contributed by atoms with Crippen molar-refractivity contribution < 1.29 is 33.6 Å². The first-order valence-corrected chi connectivity index (χ1v) is 8.77. The minimum absolute atomic E-state index is 0. The summed E-state index contributed by atoms with van der Waals surface area (Å²) >= 11 is 10.7. The van der Waals surface area contributed by atoms with Gasteiger partial charge in [0.15, 0.2) is 0 Å². The van der Waals surface area contributed by atoms with E-state index in [1.165, 1.54) is 13.3 Å². The number of hydrogen-bond acceptors (Lipinski definition) is 2. The van der Waals surface area contributed by atoms with Gasteiger partial charge in [-0.05, 0) is 44.0 Å². The molecule has 2 rings (SSSR count). The van der Waals surface area contributed by atoms with Gasteiger partial charge in [0.1, 0.15) is 0 Å². The Morgan fingerprint density at radius 3 is 1.57 bits per heavy atom. The molecule has 2 aromatic rings. The van der Waals surface area contributed by atoms with Crippen LogP contribution in [-0.2, 0) is 0 Å². The summed E-state index contributed by atoms with van der Waals surface area (Å²) in [5.41, 5.74) is 0. The smallest absolute Gasteiger partial charge is 0.381 e. The van der Waals surface area contributed by atoms with Crippen LogP contribution in [0.1, 0.15) is 0 Å². The summed E-state index contributed by atoms with van der Waals surface area (Å²) in [4.78, 5) is 0. The van der Waals surface area contributed by atoms with Gasteiger partial charge in [0.25, 0.3) is 0 Å². The molecule has 14 heavy (non-hydrogen) atoms. The second-order valence-electron chi connectivity index (χ2n) is 2.18. The molecule has 0 amide bonds. The zero-order valence-corrected chi connectivity index (χ0v) is 14.4. The van der Waals surface area contributed by atoms with Crippen LogP contribution in [0.25, 0.3) is 0 Å². The van der Waals surface area contributed by atoms with E-state index in [9.17, 15) is 0 Å². The second-order valence-corrected chi connectivity index (χ2v) is 11.4. The molecule has 0 saturated carbocycles. The fourth-order valence-corrected chi connectivity index (χ4v) is 9.67.